The summed E-state index contributed by atoms with van der Waals surface area (Å²) < 4.78 is 6.06. The van der Waals surface area contributed by atoms with Crippen LogP contribution in [-0.2, 0) is 4.74 Å². The summed E-state index contributed by atoms with van der Waals surface area (Å²) in [5, 5.41) is 0. The molecule has 2 aromatic rings. The first-order valence-corrected chi connectivity index (χ1v) is 9.04. The highest BCUT2D eigenvalue weighted by Gasteiger charge is 2.08. The number of hydrogen-bond acceptors (Lipinski definition) is 3. The van der Waals surface area contributed by atoms with Gasteiger partial charge < -0.3 is 10.5 Å². The Bertz CT molecular complexity index is 761. The van der Waals surface area contributed by atoms with Gasteiger partial charge in [-0.1, -0.05) is 49.4 Å². The van der Waals surface area contributed by atoms with Crippen molar-refractivity contribution < 1.29 is 4.74 Å². The van der Waals surface area contributed by atoms with Gasteiger partial charge >= 0.3 is 0 Å². The molecule has 0 aliphatic carbocycles. The van der Waals surface area contributed by atoms with Gasteiger partial charge in [0.1, 0.15) is 12.4 Å². The Morgan fingerprint density at radius 3 is 2.46 bits per heavy atom. The largest absolute Gasteiger partial charge is 0.492 e. The van der Waals surface area contributed by atoms with Crippen LogP contribution in [0.5, 0.6) is 0 Å². The van der Waals surface area contributed by atoms with E-state index in [9.17, 15) is 0 Å². The summed E-state index contributed by atoms with van der Waals surface area (Å²) in [5.74, 6) is 0.870. The number of benzene rings is 1. The molecule has 2 N–H and O–H groups in total. The monoisotopic (exact) mass is 348 g/mol. The van der Waals surface area contributed by atoms with Gasteiger partial charge in [0, 0.05) is 6.20 Å². The zero-order chi connectivity index (χ0) is 18.8. The smallest absolute Gasteiger partial charge is 0.118 e. The van der Waals surface area contributed by atoms with Crippen LogP contribution in [0.4, 0.5) is 0 Å². The zero-order valence-corrected chi connectivity index (χ0v) is 15.9. The Kier molecular flexibility index (Phi) is 7.84. The molecular weight excluding hydrogens is 320 g/mol. The Labute approximate surface area is 156 Å². The molecule has 3 nitrogen and oxygen atoms in total. The fraction of sp³-hybridized carbons (Fsp3) is 0.261. The lowest BCUT2D eigenvalue weighted by atomic mass is 10.1. The average molecular weight is 348 g/mol. The van der Waals surface area contributed by atoms with Gasteiger partial charge in [0.2, 0.25) is 0 Å². The maximum Gasteiger partial charge on any atom is 0.118 e. The van der Waals surface area contributed by atoms with Crippen LogP contribution < -0.4 is 5.73 Å². The quantitative estimate of drug-likeness (QED) is 0.510. The Morgan fingerprint density at radius 1 is 1.12 bits per heavy atom. The van der Waals surface area contributed by atoms with Crippen molar-refractivity contribution in [2.75, 3.05) is 6.61 Å². The molecule has 0 amide bonds. The summed E-state index contributed by atoms with van der Waals surface area (Å²) in [7, 11) is 0. The van der Waals surface area contributed by atoms with E-state index >= 15 is 0 Å². The van der Waals surface area contributed by atoms with Gasteiger partial charge in [0.25, 0.3) is 0 Å². The second kappa shape index (κ2) is 10.4. The standard InChI is InChI=1S/C23H28N2O/c1-4-18(3)23(26-17-21(24)20-11-7-6-8-12-20)15-14-19(5-2)22-13-9-10-16-25-22/h5-16,21H,4,17,24H2,1-3H3/b15-14-,19-5+,23-18-. The number of nitrogens with zero attached hydrogens (tertiary/aromatic N) is 1. The molecule has 3 heteroatoms. The van der Waals surface area contributed by atoms with Crippen LogP contribution in [0.15, 0.2) is 84.3 Å². The van der Waals surface area contributed by atoms with E-state index in [0.717, 1.165) is 29.0 Å². The molecule has 0 fully saturated rings. The maximum atomic E-state index is 6.27. The fourth-order valence-electron chi connectivity index (χ4n) is 2.49. The van der Waals surface area contributed by atoms with Crippen LogP contribution >= 0.6 is 0 Å². The van der Waals surface area contributed by atoms with E-state index in [2.05, 4.69) is 18.8 Å². The normalized spacial score (nSPS) is 14.2. The first-order chi connectivity index (χ1) is 12.7. The molecule has 0 aliphatic heterocycles. The SMILES string of the molecule is C\C=C(/C=C\C(OCC(N)c1ccccc1)=C(/C)CC)c1ccccn1. The highest BCUT2D eigenvalue weighted by atomic mass is 16.5. The molecule has 0 bridgehead atoms. The molecule has 0 aliphatic rings. The molecule has 0 saturated carbocycles. The minimum Gasteiger partial charge on any atom is -0.492 e. The van der Waals surface area contributed by atoms with E-state index in [4.69, 9.17) is 10.5 Å². The van der Waals surface area contributed by atoms with Crippen LogP contribution in [0.1, 0.15) is 44.5 Å². The summed E-state index contributed by atoms with van der Waals surface area (Å²) in [5.41, 5.74) is 10.5. The van der Waals surface area contributed by atoms with Crippen molar-refractivity contribution in [3.63, 3.8) is 0 Å². The highest BCUT2D eigenvalue weighted by Crippen LogP contribution is 2.19. The van der Waals surface area contributed by atoms with Gasteiger partial charge in [-0.2, -0.15) is 0 Å². The Hall–Kier alpha value is -2.65. The number of ether oxygens (including phenoxy) is 1. The van der Waals surface area contributed by atoms with Crippen LogP contribution in [0, 0.1) is 0 Å². The van der Waals surface area contributed by atoms with E-state index in [1.807, 2.05) is 73.7 Å². The minimum absolute atomic E-state index is 0.152. The second-order valence-electron chi connectivity index (χ2n) is 6.12. The molecule has 0 radical (unpaired) electrons. The third-order valence-electron chi connectivity index (χ3n) is 4.28. The number of rotatable bonds is 8. The molecule has 0 saturated heterocycles. The summed E-state index contributed by atoms with van der Waals surface area (Å²) in [6, 6.07) is 15.8. The lowest BCUT2D eigenvalue weighted by Gasteiger charge is -2.16. The number of allylic oxidation sites excluding steroid dienone is 5. The molecule has 2 rings (SSSR count). The van der Waals surface area contributed by atoms with Gasteiger partial charge in [0.15, 0.2) is 0 Å². The molecule has 136 valence electrons. The van der Waals surface area contributed by atoms with Gasteiger partial charge in [-0.3, -0.25) is 4.98 Å². The third-order valence-corrected chi connectivity index (χ3v) is 4.28. The van der Waals surface area contributed by atoms with Crippen LogP contribution in [0.3, 0.4) is 0 Å². The summed E-state index contributed by atoms with van der Waals surface area (Å²) in [4.78, 5) is 4.41. The predicted octanol–water partition coefficient (Wildman–Crippen LogP) is 5.44. The van der Waals surface area contributed by atoms with Gasteiger partial charge in [-0.25, -0.2) is 0 Å². The van der Waals surface area contributed by atoms with Gasteiger partial charge in [-0.05, 0) is 61.3 Å². The second-order valence-corrected chi connectivity index (χ2v) is 6.12. The van der Waals surface area contributed by atoms with Gasteiger partial charge in [-0.15, -0.1) is 0 Å². The minimum atomic E-state index is -0.152. The van der Waals surface area contributed by atoms with Crippen LogP contribution in [-0.4, -0.2) is 11.6 Å². The Balaban J connectivity index is 2.11. The Morgan fingerprint density at radius 2 is 1.85 bits per heavy atom. The first kappa shape index (κ1) is 19.7. The first-order valence-electron chi connectivity index (χ1n) is 9.04. The van der Waals surface area contributed by atoms with E-state index in [-0.39, 0.29) is 6.04 Å². The topological polar surface area (TPSA) is 48.1 Å². The van der Waals surface area contributed by atoms with Crippen molar-refractivity contribution in [2.24, 2.45) is 5.73 Å². The molecule has 1 atom stereocenters. The van der Waals surface area contributed by atoms with Crippen LogP contribution in [0.2, 0.25) is 0 Å². The molecule has 26 heavy (non-hydrogen) atoms. The molecule has 1 aromatic heterocycles. The summed E-state index contributed by atoms with van der Waals surface area (Å²) >= 11 is 0. The lowest BCUT2D eigenvalue weighted by molar-refractivity contribution is 0.201. The third kappa shape index (κ3) is 5.71. The predicted molar refractivity (Wildman–Crippen MR) is 109 cm³/mol. The van der Waals surface area contributed by atoms with E-state index < -0.39 is 0 Å². The highest BCUT2D eigenvalue weighted by molar-refractivity contribution is 5.71. The van der Waals surface area contributed by atoms with E-state index in [1.165, 1.54) is 5.57 Å². The molecule has 1 heterocycles. The van der Waals surface area contributed by atoms with E-state index in [0.29, 0.717) is 6.61 Å². The van der Waals surface area contributed by atoms with Crippen LogP contribution in [0.25, 0.3) is 5.57 Å². The van der Waals surface area contributed by atoms with Crippen molar-refractivity contribution >= 4 is 5.57 Å². The lowest BCUT2D eigenvalue weighted by Crippen LogP contribution is -2.17. The number of aromatic nitrogens is 1. The average Bonchev–Trinajstić information content (AvgIpc) is 2.71. The van der Waals surface area contributed by atoms with Crippen molar-refractivity contribution in [3.8, 4) is 0 Å². The van der Waals surface area contributed by atoms with Crippen molar-refractivity contribution in [1.82, 2.24) is 4.98 Å². The number of hydrogen-bond donors (Lipinski definition) is 1. The maximum absolute atomic E-state index is 6.27. The molecule has 1 aromatic carbocycles. The van der Waals surface area contributed by atoms with Crippen molar-refractivity contribution in [1.29, 1.82) is 0 Å². The molecule has 0 spiro atoms. The molecular formula is C23H28N2O. The summed E-state index contributed by atoms with van der Waals surface area (Å²) in [6.45, 7) is 6.66. The number of pyridine rings is 1. The zero-order valence-electron chi connectivity index (χ0n) is 15.9. The van der Waals surface area contributed by atoms with E-state index in [1.54, 1.807) is 6.20 Å². The van der Waals surface area contributed by atoms with Crippen molar-refractivity contribution in [2.45, 2.75) is 33.2 Å². The molecule has 1 unspecified atom stereocenters. The number of nitrogens with two attached hydrogens (primary N) is 1. The fourth-order valence-corrected chi connectivity index (χ4v) is 2.49. The summed E-state index contributed by atoms with van der Waals surface area (Å²) in [6.07, 6.45) is 8.84. The van der Waals surface area contributed by atoms with Gasteiger partial charge in [0.05, 0.1) is 11.7 Å². The van der Waals surface area contributed by atoms with Crippen molar-refractivity contribution in [3.05, 3.63) is 95.5 Å².